The molecule has 1 aromatic carbocycles. The molecule has 1 aromatic heterocycles. The first-order valence-corrected chi connectivity index (χ1v) is 5.72. The van der Waals surface area contributed by atoms with Gasteiger partial charge >= 0.3 is 6.18 Å². The number of alkyl halides is 3. The fourth-order valence-electron chi connectivity index (χ4n) is 1.89. The van der Waals surface area contributed by atoms with E-state index in [-0.39, 0.29) is 5.56 Å². The monoisotopic (exact) mass is 288 g/mol. The molecule has 2 aromatic rings. The van der Waals surface area contributed by atoms with Crippen molar-refractivity contribution in [1.29, 1.82) is 0 Å². The van der Waals surface area contributed by atoms with Crippen molar-refractivity contribution in [3.05, 3.63) is 58.8 Å². The summed E-state index contributed by atoms with van der Waals surface area (Å²) in [6, 6.07) is 5.22. The van der Waals surface area contributed by atoms with Crippen LogP contribution in [0.4, 0.5) is 17.6 Å². The summed E-state index contributed by atoms with van der Waals surface area (Å²) in [5, 5.41) is 0. The fraction of sp³-hybridized carbons (Fsp3) is 0.231. The van der Waals surface area contributed by atoms with Gasteiger partial charge < -0.3 is 4.42 Å². The van der Waals surface area contributed by atoms with Crippen LogP contribution in [0.25, 0.3) is 0 Å². The van der Waals surface area contributed by atoms with Gasteiger partial charge in [-0.1, -0.05) is 6.07 Å². The normalized spacial score (nSPS) is 13.5. The molecular formula is C13H12F4N2O. The number of hydrazine groups is 1. The van der Waals surface area contributed by atoms with Crippen LogP contribution < -0.4 is 11.3 Å². The molecule has 0 saturated carbocycles. The van der Waals surface area contributed by atoms with E-state index < -0.39 is 23.6 Å². The second-order valence-electron chi connectivity index (χ2n) is 4.29. The van der Waals surface area contributed by atoms with Gasteiger partial charge in [0.05, 0.1) is 5.56 Å². The van der Waals surface area contributed by atoms with E-state index in [0.717, 1.165) is 12.1 Å². The Balaban J connectivity index is 2.39. The molecule has 1 atom stereocenters. The third kappa shape index (κ3) is 2.83. The molecule has 0 saturated heterocycles. The van der Waals surface area contributed by atoms with Gasteiger partial charge in [0.2, 0.25) is 0 Å². The van der Waals surface area contributed by atoms with Crippen molar-refractivity contribution in [1.82, 2.24) is 5.43 Å². The molecule has 3 nitrogen and oxygen atoms in total. The van der Waals surface area contributed by atoms with Gasteiger partial charge in [0.1, 0.15) is 23.4 Å². The molecule has 1 heterocycles. The van der Waals surface area contributed by atoms with Gasteiger partial charge in [0.15, 0.2) is 0 Å². The van der Waals surface area contributed by atoms with Crippen molar-refractivity contribution >= 4 is 0 Å². The Bertz CT molecular complexity index is 607. The first-order valence-electron chi connectivity index (χ1n) is 5.72. The Morgan fingerprint density at radius 1 is 1.20 bits per heavy atom. The predicted molar refractivity (Wildman–Crippen MR) is 64.0 cm³/mol. The molecule has 0 aliphatic rings. The summed E-state index contributed by atoms with van der Waals surface area (Å²) in [6.07, 6.45) is -4.73. The number of nitrogens with two attached hydrogens (primary N) is 1. The first-order chi connectivity index (χ1) is 9.32. The molecule has 0 bridgehead atoms. The van der Waals surface area contributed by atoms with Crippen molar-refractivity contribution in [2.45, 2.75) is 19.1 Å². The molecule has 0 fully saturated rings. The predicted octanol–water partition coefficient (Wildman–Crippen LogP) is 3.30. The number of benzene rings is 1. The Morgan fingerprint density at radius 2 is 1.90 bits per heavy atom. The van der Waals surface area contributed by atoms with Gasteiger partial charge in [0, 0.05) is 0 Å². The lowest BCUT2D eigenvalue weighted by molar-refractivity contribution is -0.140. The highest BCUT2D eigenvalue weighted by Gasteiger charge is 2.34. The summed E-state index contributed by atoms with van der Waals surface area (Å²) >= 11 is 0. The van der Waals surface area contributed by atoms with Crippen LogP contribution in [0.1, 0.15) is 28.7 Å². The average molecular weight is 288 g/mol. The van der Waals surface area contributed by atoms with Gasteiger partial charge in [-0.15, -0.1) is 0 Å². The van der Waals surface area contributed by atoms with Gasteiger partial charge in [0.25, 0.3) is 0 Å². The number of nitrogens with one attached hydrogen (secondary N) is 1. The SMILES string of the molecule is Cc1ccc(C(NN)c2ccc(C(F)(F)F)c(F)c2)o1. The molecule has 108 valence electrons. The third-order valence-corrected chi connectivity index (χ3v) is 2.84. The van der Waals surface area contributed by atoms with Crippen molar-refractivity contribution in [3.8, 4) is 0 Å². The summed E-state index contributed by atoms with van der Waals surface area (Å²) in [5.74, 6) is 5.03. The second-order valence-corrected chi connectivity index (χ2v) is 4.29. The van der Waals surface area contributed by atoms with E-state index in [1.807, 2.05) is 0 Å². The van der Waals surface area contributed by atoms with E-state index in [9.17, 15) is 17.6 Å². The van der Waals surface area contributed by atoms with Crippen LogP contribution in [-0.2, 0) is 6.18 Å². The highest BCUT2D eigenvalue weighted by molar-refractivity contribution is 5.32. The van der Waals surface area contributed by atoms with Gasteiger partial charge in [-0.05, 0) is 36.8 Å². The summed E-state index contributed by atoms with van der Waals surface area (Å²) in [6.45, 7) is 1.71. The highest BCUT2D eigenvalue weighted by atomic mass is 19.4. The lowest BCUT2D eigenvalue weighted by atomic mass is 10.0. The maximum atomic E-state index is 13.5. The van der Waals surface area contributed by atoms with E-state index in [0.29, 0.717) is 17.6 Å². The van der Waals surface area contributed by atoms with Crippen molar-refractivity contribution in [3.63, 3.8) is 0 Å². The quantitative estimate of drug-likeness (QED) is 0.517. The number of rotatable bonds is 3. The van der Waals surface area contributed by atoms with Crippen LogP contribution in [0.5, 0.6) is 0 Å². The lowest BCUT2D eigenvalue weighted by Crippen LogP contribution is -2.28. The third-order valence-electron chi connectivity index (χ3n) is 2.84. The van der Waals surface area contributed by atoms with Crippen LogP contribution in [0.3, 0.4) is 0 Å². The topological polar surface area (TPSA) is 51.2 Å². The number of hydrogen-bond acceptors (Lipinski definition) is 3. The molecule has 7 heteroatoms. The highest BCUT2D eigenvalue weighted by Crippen LogP contribution is 2.33. The number of hydrogen-bond donors (Lipinski definition) is 2. The Labute approximate surface area is 112 Å². The maximum Gasteiger partial charge on any atom is 0.419 e. The lowest BCUT2D eigenvalue weighted by Gasteiger charge is -2.15. The van der Waals surface area contributed by atoms with Crippen LogP contribution in [0.15, 0.2) is 34.7 Å². The standard InChI is InChI=1S/C13H12F4N2O/c1-7-2-5-11(20-7)12(19-18)8-3-4-9(10(14)6-8)13(15,16)17/h2-6,12,19H,18H2,1H3. The van der Waals surface area contributed by atoms with Crippen LogP contribution in [0, 0.1) is 12.7 Å². The summed E-state index contributed by atoms with van der Waals surface area (Å²) < 4.78 is 56.4. The minimum absolute atomic E-state index is 0.243. The summed E-state index contributed by atoms with van der Waals surface area (Å²) in [7, 11) is 0. The van der Waals surface area contributed by atoms with E-state index in [1.165, 1.54) is 0 Å². The zero-order valence-corrected chi connectivity index (χ0v) is 10.5. The Kier molecular flexibility index (Phi) is 3.82. The van der Waals surface area contributed by atoms with Crippen molar-refractivity contribution in [2.75, 3.05) is 0 Å². The van der Waals surface area contributed by atoms with E-state index >= 15 is 0 Å². The second kappa shape index (κ2) is 5.26. The Morgan fingerprint density at radius 3 is 2.35 bits per heavy atom. The molecule has 0 radical (unpaired) electrons. The molecular weight excluding hydrogens is 276 g/mol. The Hall–Kier alpha value is -1.86. The maximum absolute atomic E-state index is 13.5. The smallest absolute Gasteiger partial charge is 0.419 e. The first kappa shape index (κ1) is 14.5. The molecule has 1 unspecified atom stereocenters. The largest absolute Gasteiger partial charge is 0.464 e. The van der Waals surface area contributed by atoms with E-state index in [4.69, 9.17) is 10.3 Å². The van der Waals surface area contributed by atoms with E-state index in [1.54, 1.807) is 19.1 Å². The van der Waals surface area contributed by atoms with Gasteiger partial charge in [-0.3, -0.25) is 5.84 Å². The number of aryl methyl sites for hydroxylation is 1. The molecule has 0 spiro atoms. The fourth-order valence-corrected chi connectivity index (χ4v) is 1.89. The van der Waals surface area contributed by atoms with Crippen LogP contribution in [0.2, 0.25) is 0 Å². The average Bonchev–Trinajstić information content (AvgIpc) is 2.75. The molecule has 0 aliphatic carbocycles. The van der Waals surface area contributed by atoms with Crippen LogP contribution >= 0.6 is 0 Å². The minimum atomic E-state index is -4.73. The molecule has 0 aliphatic heterocycles. The van der Waals surface area contributed by atoms with Crippen molar-refractivity contribution in [2.24, 2.45) is 5.84 Å². The molecule has 20 heavy (non-hydrogen) atoms. The van der Waals surface area contributed by atoms with Crippen molar-refractivity contribution < 1.29 is 22.0 Å². The zero-order valence-electron chi connectivity index (χ0n) is 10.5. The number of furan rings is 1. The molecule has 0 amide bonds. The molecule has 3 N–H and O–H groups in total. The van der Waals surface area contributed by atoms with E-state index in [2.05, 4.69) is 5.43 Å². The van der Waals surface area contributed by atoms with Gasteiger partial charge in [-0.25, -0.2) is 9.82 Å². The summed E-state index contributed by atoms with van der Waals surface area (Å²) in [4.78, 5) is 0. The molecule has 2 rings (SSSR count). The zero-order chi connectivity index (χ0) is 14.9. The number of halogens is 4. The van der Waals surface area contributed by atoms with Crippen LogP contribution in [-0.4, -0.2) is 0 Å². The summed E-state index contributed by atoms with van der Waals surface area (Å²) in [5.41, 5.74) is 1.32. The minimum Gasteiger partial charge on any atom is -0.464 e. The van der Waals surface area contributed by atoms with Gasteiger partial charge in [-0.2, -0.15) is 13.2 Å².